The summed E-state index contributed by atoms with van der Waals surface area (Å²) in [5.41, 5.74) is 4.62. The standard InChI is InChI=1S/C23H21ClN4O2/c24-17-4-8-23(26-12-17)30-20-6-1-15(2-7-20)11-25-22-9-16-3-5-18(10-21(16)28-22)27-19-13-29-14-19/h1-8,10,12,19,27H,9,11,13-14H2,(H,25,28). The van der Waals surface area contributed by atoms with Gasteiger partial charge in [0.2, 0.25) is 5.88 Å². The highest BCUT2D eigenvalue weighted by atomic mass is 35.5. The maximum atomic E-state index is 5.85. The van der Waals surface area contributed by atoms with E-state index in [1.807, 2.05) is 24.3 Å². The lowest BCUT2D eigenvalue weighted by Crippen LogP contribution is -2.40. The van der Waals surface area contributed by atoms with Gasteiger partial charge in [-0.25, -0.2) is 4.98 Å². The largest absolute Gasteiger partial charge is 0.439 e. The van der Waals surface area contributed by atoms with Gasteiger partial charge in [-0.05, 0) is 41.5 Å². The summed E-state index contributed by atoms with van der Waals surface area (Å²) in [5, 5.41) is 7.50. The number of hydrogen-bond donors (Lipinski definition) is 2. The molecule has 2 aliphatic heterocycles. The first-order valence-corrected chi connectivity index (χ1v) is 10.2. The fourth-order valence-electron chi connectivity index (χ4n) is 3.36. The Morgan fingerprint density at radius 1 is 1.13 bits per heavy atom. The van der Waals surface area contributed by atoms with Gasteiger partial charge in [0.1, 0.15) is 11.6 Å². The van der Waals surface area contributed by atoms with Crippen LogP contribution in [0.15, 0.2) is 65.8 Å². The number of pyridine rings is 1. The number of nitrogens with zero attached hydrogens (tertiary/aromatic N) is 2. The number of benzene rings is 2. The maximum Gasteiger partial charge on any atom is 0.219 e. The minimum Gasteiger partial charge on any atom is -0.439 e. The smallest absolute Gasteiger partial charge is 0.219 e. The average Bonchev–Trinajstić information content (AvgIpc) is 3.14. The molecule has 3 aromatic rings. The first kappa shape index (κ1) is 18.9. The van der Waals surface area contributed by atoms with Crippen LogP contribution >= 0.6 is 11.6 Å². The van der Waals surface area contributed by atoms with E-state index in [-0.39, 0.29) is 0 Å². The summed E-state index contributed by atoms with van der Waals surface area (Å²) >= 11 is 5.85. The summed E-state index contributed by atoms with van der Waals surface area (Å²) in [4.78, 5) is 8.89. The zero-order valence-corrected chi connectivity index (χ0v) is 17.0. The molecule has 3 heterocycles. The number of ether oxygens (including phenoxy) is 2. The van der Waals surface area contributed by atoms with Gasteiger partial charge >= 0.3 is 0 Å². The molecule has 30 heavy (non-hydrogen) atoms. The summed E-state index contributed by atoms with van der Waals surface area (Å²) in [6.45, 7) is 2.16. The van der Waals surface area contributed by atoms with Gasteiger partial charge in [0, 0.05) is 30.1 Å². The molecule has 0 bridgehead atoms. The van der Waals surface area contributed by atoms with Gasteiger partial charge in [-0.1, -0.05) is 29.8 Å². The third kappa shape index (κ3) is 4.40. The van der Waals surface area contributed by atoms with Crippen LogP contribution in [-0.2, 0) is 17.7 Å². The third-order valence-electron chi connectivity index (χ3n) is 5.05. The Labute approximate surface area is 179 Å². The van der Waals surface area contributed by atoms with Crippen molar-refractivity contribution >= 4 is 28.8 Å². The Hall–Kier alpha value is -3.09. The molecule has 7 heteroatoms. The first-order chi connectivity index (χ1) is 14.7. The first-order valence-electron chi connectivity index (χ1n) is 9.87. The Bertz CT molecular complexity index is 1060. The summed E-state index contributed by atoms with van der Waals surface area (Å²) in [6.07, 6.45) is 2.39. The lowest BCUT2D eigenvalue weighted by molar-refractivity contribution is 0.0211. The van der Waals surface area contributed by atoms with Crippen molar-refractivity contribution in [3.8, 4) is 11.6 Å². The number of fused-ring (bicyclic) bond motifs is 1. The van der Waals surface area contributed by atoms with Crippen LogP contribution in [0.3, 0.4) is 0 Å². The van der Waals surface area contributed by atoms with Gasteiger partial charge in [-0.3, -0.25) is 4.99 Å². The molecule has 5 rings (SSSR count). The van der Waals surface area contributed by atoms with E-state index >= 15 is 0 Å². The molecule has 0 spiro atoms. The van der Waals surface area contributed by atoms with Crippen molar-refractivity contribution in [1.82, 2.24) is 4.98 Å². The molecule has 1 saturated heterocycles. The number of aromatic nitrogens is 1. The van der Waals surface area contributed by atoms with E-state index in [2.05, 4.69) is 33.8 Å². The second kappa shape index (κ2) is 8.34. The maximum absolute atomic E-state index is 5.85. The van der Waals surface area contributed by atoms with Gasteiger partial charge in [-0.2, -0.15) is 0 Å². The predicted octanol–water partition coefficient (Wildman–Crippen LogP) is 4.90. The SMILES string of the molecule is Clc1ccc(Oc2ccc(CN=C3Cc4ccc(NC5COC5)cc4N3)cc2)nc1. The van der Waals surface area contributed by atoms with Gasteiger partial charge in [-0.15, -0.1) is 0 Å². The van der Waals surface area contributed by atoms with Crippen LogP contribution in [0.4, 0.5) is 11.4 Å². The number of halogens is 1. The van der Waals surface area contributed by atoms with Crippen LogP contribution in [0.25, 0.3) is 0 Å². The molecule has 2 N–H and O–H groups in total. The number of hydrogen-bond acceptors (Lipinski definition) is 5. The zero-order valence-electron chi connectivity index (χ0n) is 16.3. The Balaban J connectivity index is 1.18. The van der Waals surface area contributed by atoms with Gasteiger partial charge in [0.15, 0.2) is 0 Å². The molecule has 2 aromatic carbocycles. The fourth-order valence-corrected chi connectivity index (χ4v) is 3.47. The van der Waals surface area contributed by atoms with E-state index in [4.69, 9.17) is 26.1 Å². The van der Waals surface area contributed by atoms with E-state index in [1.54, 1.807) is 18.3 Å². The summed E-state index contributed by atoms with van der Waals surface area (Å²) in [7, 11) is 0. The highest BCUT2D eigenvalue weighted by Crippen LogP contribution is 2.28. The Morgan fingerprint density at radius 2 is 2.00 bits per heavy atom. The molecular formula is C23H21ClN4O2. The summed E-state index contributed by atoms with van der Waals surface area (Å²) in [5.74, 6) is 2.23. The summed E-state index contributed by atoms with van der Waals surface area (Å²) in [6, 6.07) is 18.2. The van der Waals surface area contributed by atoms with E-state index in [1.165, 1.54) is 5.56 Å². The van der Waals surface area contributed by atoms with E-state index in [9.17, 15) is 0 Å². The molecule has 1 aromatic heterocycles. The monoisotopic (exact) mass is 420 g/mol. The van der Waals surface area contributed by atoms with Gasteiger partial charge in [0.05, 0.1) is 30.8 Å². The summed E-state index contributed by atoms with van der Waals surface area (Å²) < 4.78 is 10.9. The number of anilines is 2. The normalized spacial score (nSPS) is 16.6. The van der Waals surface area contributed by atoms with Crippen molar-refractivity contribution in [1.29, 1.82) is 0 Å². The fraction of sp³-hybridized carbons (Fsp3) is 0.217. The molecule has 6 nitrogen and oxygen atoms in total. The van der Waals surface area contributed by atoms with Crippen molar-refractivity contribution in [3.63, 3.8) is 0 Å². The van der Waals surface area contributed by atoms with Crippen molar-refractivity contribution < 1.29 is 9.47 Å². The van der Waals surface area contributed by atoms with Crippen LogP contribution in [0.5, 0.6) is 11.6 Å². The van der Waals surface area contributed by atoms with Crippen LogP contribution in [0, 0.1) is 0 Å². The second-order valence-electron chi connectivity index (χ2n) is 7.38. The third-order valence-corrected chi connectivity index (χ3v) is 5.28. The zero-order chi connectivity index (χ0) is 20.3. The predicted molar refractivity (Wildman–Crippen MR) is 119 cm³/mol. The number of rotatable bonds is 6. The highest BCUT2D eigenvalue weighted by molar-refractivity contribution is 6.30. The topological polar surface area (TPSA) is 67.8 Å². The molecule has 0 saturated carbocycles. The number of nitrogens with one attached hydrogen (secondary N) is 2. The van der Waals surface area contributed by atoms with Gasteiger partial charge in [0.25, 0.3) is 0 Å². The van der Waals surface area contributed by atoms with Gasteiger partial charge < -0.3 is 20.1 Å². The molecule has 2 aliphatic rings. The average molecular weight is 421 g/mol. The van der Waals surface area contributed by atoms with Crippen molar-refractivity contribution in [2.75, 3.05) is 23.8 Å². The van der Waals surface area contributed by atoms with Crippen molar-refractivity contribution in [2.24, 2.45) is 4.99 Å². The van der Waals surface area contributed by atoms with Crippen LogP contribution in [0.2, 0.25) is 5.02 Å². The number of amidine groups is 1. The highest BCUT2D eigenvalue weighted by Gasteiger charge is 2.20. The van der Waals surface area contributed by atoms with Crippen molar-refractivity contribution in [2.45, 2.75) is 19.0 Å². The molecule has 0 aliphatic carbocycles. The van der Waals surface area contributed by atoms with Crippen LogP contribution in [-0.4, -0.2) is 30.1 Å². The van der Waals surface area contributed by atoms with E-state index < -0.39 is 0 Å². The lowest BCUT2D eigenvalue weighted by atomic mass is 10.1. The quantitative estimate of drug-likeness (QED) is 0.593. The molecule has 0 amide bonds. The minimum atomic E-state index is 0.417. The Kier molecular flexibility index (Phi) is 5.26. The second-order valence-corrected chi connectivity index (χ2v) is 7.81. The molecule has 0 atom stereocenters. The molecule has 0 radical (unpaired) electrons. The minimum absolute atomic E-state index is 0.417. The molecule has 0 unspecified atom stereocenters. The van der Waals surface area contributed by atoms with E-state index in [0.29, 0.717) is 23.5 Å². The van der Waals surface area contributed by atoms with Crippen LogP contribution < -0.4 is 15.4 Å². The molecule has 152 valence electrons. The number of aliphatic imine (C=N–C) groups is 1. The molecule has 1 fully saturated rings. The lowest BCUT2D eigenvalue weighted by Gasteiger charge is -2.28. The molecular weight excluding hydrogens is 400 g/mol. The van der Waals surface area contributed by atoms with Crippen LogP contribution in [0.1, 0.15) is 11.1 Å². The van der Waals surface area contributed by atoms with E-state index in [0.717, 1.165) is 48.2 Å². The van der Waals surface area contributed by atoms with Crippen molar-refractivity contribution in [3.05, 3.63) is 76.9 Å². The Morgan fingerprint density at radius 3 is 2.73 bits per heavy atom.